The number of aliphatic hydroxyl groups is 1. The molecule has 0 amide bonds. The fourth-order valence-electron chi connectivity index (χ4n) is 1.33. The molecule has 2 atom stereocenters. The molecular weight excluding hydrogens is 116 g/mol. The van der Waals surface area contributed by atoms with E-state index in [2.05, 4.69) is 0 Å². The summed E-state index contributed by atoms with van der Waals surface area (Å²) in [7, 11) is 0. The molecule has 5 N–H and O–H groups in total. The fourth-order valence-corrected chi connectivity index (χ4v) is 1.33. The lowest BCUT2D eigenvalue weighted by Gasteiger charge is -2.31. The van der Waals surface area contributed by atoms with Crippen LogP contribution in [0.2, 0.25) is 0 Å². The molecule has 0 aromatic heterocycles. The van der Waals surface area contributed by atoms with E-state index in [0.29, 0.717) is 12.8 Å². The molecule has 1 fully saturated rings. The third-order valence-corrected chi connectivity index (χ3v) is 1.80. The molecule has 3 heteroatoms. The van der Waals surface area contributed by atoms with Crippen molar-refractivity contribution in [2.75, 3.05) is 0 Å². The molecular formula is C6H14N2O. The van der Waals surface area contributed by atoms with Crippen molar-refractivity contribution in [3.63, 3.8) is 0 Å². The standard InChI is InChI=1S/C6H14N2O/c7-5-2-1-3-6(8,9)4-5/h5,9H,1-4,7-8H2/t5-,6-/m1/s1. The van der Waals surface area contributed by atoms with Gasteiger partial charge >= 0.3 is 0 Å². The second kappa shape index (κ2) is 2.25. The minimum Gasteiger partial charge on any atom is -0.376 e. The molecule has 0 radical (unpaired) electrons. The van der Waals surface area contributed by atoms with Crippen molar-refractivity contribution in [1.29, 1.82) is 0 Å². The Morgan fingerprint density at radius 3 is 2.56 bits per heavy atom. The molecule has 0 spiro atoms. The van der Waals surface area contributed by atoms with E-state index in [4.69, 9.17) is 11.5 Å². The summed E-state index contributed by atoms with van der Waals surface area (Å²) >= 11 is 0. The normalized spacial score (nSPS) is 45.0. The lowest BCUT2D eigenvalue weighted by molar-refractivity contribution is 0.00374. The van der Waals surface area contributed by atoms with E-state index < -0.39 is 5.72 Å². The molecule has 0 aliphatic heterocycles. The van der Waals surface area contributed by atoms with Crippen LogP contribution in [-0.2, 0) is 0 Å². The van der Waals surface area contributed by atoms with Crippen LogP contribution < -0.4 is 11.5 Å². The van der Waals surface area contributed by atoms with Gasteiger partial charge in [-0.2, -0.15) is 0 Å². The van der Waals surface area contributed by atoms with Gasteiger partial charge in [0.1, 0.15) is 5.72 Å². The Balaban J connectivity index is 2.41. The average Bonchev–Trinajstić information content (AvgIpc) is 1.60. The molecule has 0 aromatic carbocycles. The summed E-state index contributed by atoms with van der Waals surface area (Å²) in [5, 5.41) is 9.24. The summed E-state index contributed by atoms with van der Waals surface area (Å²) in [4.78, 5) is 0. The van der Waals surface area contributed by atoms with Crippen LogP contribution in [0.25, 0.3) is 0 Å². The van der Waals surface area contributed by atoms with E-state index >= 15 is 0 Å². The molecule has 3 nitrogen and oxygen atoms in total. The average molecular weight is 130 g/mol. The molecule has 0 heterocycles. The number of hydrogen-bond acceptors (Lipinski definition) is 3. The van der Waals surface area contributed by atoms with Crippen molar-refractivity contribution >= 4 is 0 Å². The van der Waals surface area contributed by atoms with Gasteiger partial charge in [-0.25, -0.2) is 0 Å². The van der Waals surface area contributed by atoms with Gasteiger partial charge < -0.3 is 16.6 Å². The SMILES string of the molecule is N[C@@H]1CCC[C@@](N)(O)C1. The quantitative estimate of drug-likeness (QED) is 0.388. The first kappa shape index (κ1) is 6.99. The third-order valence-electron chi connectivity index (χ3n) is 1.80. The second-order valence-electron chi connectivity index (χ2n) is 2.96. The Kier molecular flexibility index (Phi) is 1.75. The molecule has 54 valence electrons. The maximum Gasteiger partial charge on any atom is 0.115 e. The first-order valence-electron chi connectivity index (χ1n) is 3.37. The Hall–Kier alpha value is -0.120. The van der Waals surface area contributed by atoms with E-state index in [1.807, 2.05) is 0 Å². The van der Waals surface area contributed by atoms with Gasteiger partial charge in [0.25, 0.3) is 0 Å². The number of nitrogens with two attached hydrogens (primary N) is 2. The van der Waals surface area contributed by atoms with E-state index in [9.17, 15) is 5.11 Å². The zero-order valence-electron chi connectivity index (χ0n) is 5.51. The lowest BCUT2D eigenvalue weighted by Crippen LogP contribution is -2.47. The molecule has 1 rings (SSSR count). The van der Waals surface area contributed by atoms with E-state index in [-0.39, 0.29) is 6.04 Å². The van der Waals surface area contributed by atoms with Crippen LogP contribution in [0, 0.1) is 0 Å². The van der Waals surface area contributed by atoms with Crippen molar-refractivity contribution < 1.29 is 5.11 Å². The molecule has 0 bridgehead atoms. The Morgan fingerprint density at radius 2 is 2.22 bits per heavy atom. The van der Waals surface area contributed by atoms with E-state index in [1.54, 1.807) is 0 Å². The summed E-state index contributed by atoms with van der Waals surface area (Å²) < 4.78 is 0. The van der Waals surface area contributed by atoms with Gasteiger partial charge in [0.2, 0.25) is 0 Å². The molecule has 0 saturated heterocycles. The smallest absolute Gasteiger partial charge is 0.115 e. The minimum atomic E-state index is -0.975. The summed E-state index contributed by atoms with van der Waals surface area (Å²) in [5.74, 6) is 0. The zero-order valence-corrected chi connectivity index (χ0v) is 5.51. The minimum absolute atomic E-state index is 0.105. The Bertz CT molecular complexity index is 103. The highest BCUT2D eigenvalue weighted by Gasteiger charge is 2.27. The molecule has 9 heavy (non-hydrogen) atoms. The van der Waals surface area contributed by atoms with Crippen LogP contribution in [-0.4, -0.2) is 16.9 Å². The molecule has 0 unspecified atom stereocenters. The maximum atomic E-state index is 9.24. The van der Waals surface area contributed by atoms with Crippen molar-refractivity contribution in [2.24, 2.45) is 11.5 Å². The van der Waals surface area contributed by atoms with Gasteiger partial charge in [0.05, 0.1) is 0 Å². The first-order chi connectivity index (χ1) is 4.10. The van der Waals surface area contributed by atoms with Crippen molar-refractivity contribution in [1.82, 2.24) is 0 Å². The number of hydrogen-bond donors (Lipinski definition) is 3. The van der Waals surface area contributed by atoms with Gasteiger partial charge in [-0.05, 0) is 19.3 Å². The molecule has 1 saturated carbocycles. The summed E-state index contributed by atoms with van der Waals surface area (Å²) in [6.07, 6.45) is 3.20. The lowest BCUT2D eigenvalue weighted by atomic mass is 9.89. The largest absolute Gasteiger partial charge is 0.376 e. The monoisotopic (exact) mass is 130 g/mol. The van der Waals surface area contributed by atoms with Crippen molar-refractivity contribution in [2.45, 2.75) is 37.5 Å². The Morgan fingerprint density at radius 1 is 1.56 bits per heavy atom. The highest BCUT2D eigenvalue weighted by atomic mass is 16.3. The summed E-state index contributed by atoms with van der Waals surface area (Å²) in [6.45, 7) is 0. The van der Waals surface area contributed by atoms with Crippen molar-refractivity contribution in [3.05, 3.63) is 0 Å². The van der Waals surface area contributed by atoms with E-state index in [0.717, 1.165) is 12.8 Å². The van der Waals surface area contributed by atoms with Gasteiger partial charge in [-0.3, -0.25) is 0 Å². The van der Waals surface area contributed by atoms with Crippen LogP contribution in [0.5, 0.6) is 0 Å². The van der Waals surface area contributed by atoms with Gasteiger partial charge in [0.15, 0.2) is 0 Å². The predicted octanol–water partition coefficient (Wildman–Crippen LogP) is -0.465. The third kappa shape index (κ3) is 1.93. The Labute approximate surface area is 55.0 Å². The first-order valence-corrected chi connectivity index (χ1v) is 3.37. The molecule has 1 aliphatic carbocycles. The maximum absolute atomic E-state index is 9.24. The van der Waals surface area contributed by atoms with Gasteiger partial charge in [0, 0.05) is 12.5 Å². The van der Waals surface area contributed by atoms with Gasteiger partial charge in [-0.1, -0.05) is 0 Å². The van der Waals surface area contributed by atoms with Crippen LogP contribution in [0.3, 0.4) is 0 Å². The van der Waals surface area contributed by atoms with Crippen LogP contribution in [0.1, 0.15) is 25.7 Å². The topological polar surface area (TPSA) is 72.3 Å². The molecule has 1 aliphatic rings. The summed E-state index contributed by atoms with van der Waals surface area (Å²) in [6, 6.07) is 0.105. The zero-order chi connectivity index (χ0) is 6.91. The fraction of sp³-hybridized carbons (Fsp3) is 1.00. The van der Waals surface area contributed by atoms with Crippen LogP contribution in [0.4, 0.5) is 0 Å². The van der Waals surface area contributed by atoms with Gasteiger partial charge in [-0.15, -0.1) is 0 Å². The van der Waals surface area contributed by atoms with Crippen molar-refractivity contribution in [3.8, 4) is 0 Å². The highest BCUT2D eigenvalue weighted by Crippen LogP contribution is 2.22. The second-order valence-corrected chi connectivity index (χ2v) is 2.96. The van der Waals surface area contributed by atoms with Crippen LogP contribution in [0.15, 0.2) is 0 Å². The van der Waals surface area contributed by atoms with Crippen LogP contribution >= 0.6 is 0 Å². The predicted molar refractivity (Wildman–Crippen MR) is 35.6 cm³/mol. The highest BCUT2D eigenvalue weighted by molar-refractivity contribution is 4.82. The summed E-state index contributed by atoms with van der Waals surface area (Å²) in [5.41, 5.74) is 10.0. The molecule has 0 aromatic rings. The number of rotatable bonds is 0. The van der Waals surface area contributed by atoms with E-state index in [1.165, 1.54) is 0 Å².